The fourth-order valence-electron chi connectivity index (χ4n) is 7.66. The maximum Gasteiger partial charge on any atom is 0.160 e. The molecule has 0 fully saturated rings. The van der Waals surface area contributed by atoms with Gasteiger partial charge in [0.15, 0.2) is 5.82 Å². The molecule has 0 radical (unpaired) electrons. The van der Waals surface area contributed by atoms with Crippen LogP contribution in [0.1, 0.15) is 5.56 Å². The van der Waals surface area contributed by atoms with Crippen molar-refractivity contribution in [2.24, 2.45) is 0 Å². The van der Waals surface area contributed by atoms with E-state index in [1.54, 1.807) is 0 Å². The molecule has 0 amide bonds. The van der Waals surface area contributed by atoms with Gasteiger partial charge in [0.25, 0.3) is 0 Å². The molecular weight excluding hydrogens is 635 g/mol. The van der Waals surface area contributed by atoms with Crippen molar-refractivity contribution in [3.05, 3.63) is 181 Å². The first-order valence-electron chi connectivity index (χ1n) is 17.3. The molecule has 0 saturated carbocycles. The van der Waals surface area contributed by atoms with Gasteiger partial charge < -0.3 is 9.13 Å². The van der Waals surface area contributed by atoms with Gasteiger partial charge in [0.1, 0.15) is 6.07 Å². The molecule has 0 saturated heterocycles. The van der Waals surface area contributed by atoms with Crippen LogP contribution < -0.4 is 0 Å². The standard InChI is InChI=1S/C47H29N5/c48-30-33-27-38(40-28-39(31-15-3-1-4-16-31)49-47(50-40)32-17-5-2-6-18-32)46(52-43-25-13-9-21-36(43)37-22-10-14-26-44(37)52)29-45(33)51-41-23-11-7-19-34(41)35-20-8-12-24-42(35)51/h1-29H. The quantitative estimate of drug-likeness (QED) is 0.184. The van der Waals surface area contributed by atoms with Gasteiger partial charge in [0.05, 0.1) is 50.4 Å². The van der Waals surface area contributed by atoms with Crippen LogP contribution in [0, 0.1) is 11.3 Å². The third kappa shape index (κ3) is 4.63. The first kappa shape index (κ1) is 29.6. The van der Waals surface area contributed by atoms with Crippen molar-refractivity contribution < 1.29 is 0 Å². The lowest BCUT2D eigenvalue weighted by molar-refractivity contribution is 1.12. The largest absolute Gasteiger partial charge is 0.308 e. The highest BCUT2D eigenvalue weighted by molar-refractivity contribution is 6.11. The van der Waals surface area contributed by atoms with Crippen molar-refractivity contribution in [1.29, 1.82) is 5.26 Å². The highest BCUT2D eigenvalue weighted by Crippen LogP contribution is 2.41. The van der Waals surface area contributed by atoms with E-state index in [1.165, 1.54) is 0 Å². The van der Waals surface area contributed by atoms with Gasteiger partial charge in [-0.05, 0) is 42.5 Å². The number of nitrogens with zero attached hydrogens (tertiary/aromatic N) is 5. The second-order valence-corrected chi connectivity index (χ2v) is 12.9. The number of hydrogen-bond acceptors (Lipinski definition) is 3. The number of rotatable bonds is 5. The lowest BCUT2D eigenvalue weighted by Crippen LogP contribution is -2.05. The van der Waals surface area contributed by atoms with Crippen LogP contribution >= 0.6 is 0 Å². The Morgan fingerprint density at radius 1 is 0.404 bits per heavy atom. The molecule has 5 heteroatoms. The molecule has 10 rings (SSSR count). The Balaban J connectivity index is 1.36. The number of benzene rings is 7. The number of nitriles is 1. The van der Waals surface area contributed by atoms with Gasteiger partial charge in [-0.25, -0.2) is 9.97 Å². The molecule has 0 aliphatic heterocycles. The minimum atomic E-state index is 0.548. The Morgan fingerprint density at radius 2 is 0.827 bits per heavy atom. The van der Waals surface area contributed by atoms with Crippen molar-refractivity contribution in [3.63, 3.8) is 0 Å². The monoisotopic (exact) mass is 663 g/mol. The number of para-hydroxylation sites is 4. The molecule has 3 aromatic heterocycles. The van der Waals surface area contributed by atoms with Gasteiger partial charge in [-0.15, -0.1) is 0 Å². The van der Waals surface area contributed by atoms with Gasteiger partial charge in [-0.1, -0.05) is 133 Å². The summed E-state index contributed by atoms with van der Waals surface area (Å²) in [7, 11) is 0. The van der Waals surface area contributed by atoms with E-state index in [-0.39, 0.29) is 0 Å². The third-order valence-corrected chi connectivity index (χ3v) is 9.98. The molecule has 0 atom stereocenters. The van der Waals surface area contributed by atoms with Crippen molar-refractivity contribution in [3.8, 4) is 51.3 Å². The number of aromatic nitrogens is 4. The summed E-state index contributed by atoms with van der Waals surface area (Å²) in [6.45, 7) is 0. The molecule has 0 spiro atoms. The highest BCUT2D eigenvalue weighted by Gasteiger charge is 2.23. The lowest BCUT2D eigenvalue weighted by Gasteiger charge is -2.19. The van der Waals surface area contributed by atoms with E-state index in [9.17, 15) is 5.26 Å². The maximum atomic E-state index is 11.0. The van der Waals surface area contributed by atoms with E-state index >= 15 is 0 Å². The molecule has 5 nitrogen and oxygen atoms in total. The molecule has 52 heavy (non-hydrogen) atoms. The van der Waals surface area contributed by atoms with Gasteiger partial charge >= 0.3 is 0 Å². The van der Waals surface area contributed by atoms with Gasteiger partial charge in [-0.2, -0.15) is 5.26 Å². The molecule has 0 aliphatic carbocycles. The average Bonchev–Trinajstić information content (AvgIpc) is 3.74. The summed E-state index contributed by atoms with van der Waals surface area (Å²) in [5.74, 6) is 0.620. The predicted octanol–water partition coefficient (Wildman–Crippen LogP) is 11.5. The smallest absolute Gasteiger partial charge is 0.160 e. The summed E-state index contributed by atoms with van der Waals surface area (Å²) in [6.07, 6.45) is 0. The summed E-state index contributed by atoms with van der Waals surface area (Å²) in [6, 6.07) is 63.0. The van der Waals surface area contributed by atoms with Crippen molar-refractivity contribution in [2.75, 3.05) is 0 Å². The lowest BCUT2D eigenvalue weighted by atomic mass is 10.0. The first-order chi connectivity index (χ1) is 25.8. The van der Waals surface area contributed by atoms with E-state index in [4.69, 9.17) is 9.97 Å². The molecule has 0 bridgehead atoms. The van der Waals surface area contributed by atoms with Crippen LogP contribution in [0.3, 0.4) is 0 Å². The van der Waals surface area contributed by atoms with E-state index in [2.05, 4.69) is 137 Å². The van der Waals surface area contributed by atoms with Crippen LogP contribution in [0.2, 0.25) is 0 Å². The SMILES string of the molecule is N#Cc1cc(-c2cc(-c3ccccc3)nc(-c3ccccc3)n2)c(-n2c3ccccc3c3ccccc32)cc1-n1c2ccccc2c2ccccc21. The van der Waals surface area contributed by atoms with Crippen LogP contribution in [0.5, 0.6) is 0 Å². The Labute approximate surface area is 299 Å². The van der Waals surface area contributed by atoms with E-state index in [0.29, 0.717) is 11.4 Å². The summed E-state index contributed by atoms with van der Waals surface area (Å²) >= 11 is 0. The zero-order chi connectivity index (χ0) is 34.6. The second kappa shape index (κ2) is 11.9. The topological polar surface area (TPSA) is 59.4 Å². The minimum Gasteiger partial charge on any atom is -0.308 e. The fraction of sp³-hybridized carbons (Fsp3) is 0. The van der Waals surface area contributed by atoms with E-state index in [0.717, 1.165) is 83.1 Å². The third-order valence-electron chi connectivity index (χ3n) is 9.98. The van der Waals surface area contributed by atoms with Crippen LogP contribution in [-0.2, 0) is 0 Å². The molecular formula is C47H29N5. The zero-order valence-corrected chi connectivity index (χ0v) is 28.0. The van der Waals surface area contributed by atoms with Gasteiger partial charge in [-0.3, -0.25) is 0 Å². The first-order valence-corrected chi connectivity index (χ1v) is 17.3. The Morgan fingerprint density at radius 3 is 1.33 bits per heavy atom. The van der Waals surface area contributed by atoms with E-state index < -0.39 is 0 Å². The Hall–Kier alpha value is -7.29. The van der Waals surface area contributed by atoms with Gasteiger partial charge in [0, 0.05) is 38.2 Å². The number of hydrogen-bond donors (Lipinski definition) is 0. The summed E-state index contributed by atoms with van der Waals surface area (Å²) in [5, 5.41) is 15.6. The molecule has 3 heterocycles. The predicted molar refractivity (Wildman–Crippen MR) is 212 cm³/mol. The van der Waals surface area contributed by atoms with E-state index in [1.807, 2.05) is 54.6 Å². The molecule has 0 N–H and O–H groups in total. The zero-order valence-electron chi connectivity index (χ0n) is 28.0. The second-order valence-electron chi connectivity index (χ2n) is 12.9. The summed E-state index contributed by atoms with van der Waals surface area (Å²) in [4.78, 5) is 10.3. The number of fused-ring (bicyclic) bond motifs is 6. The molecule has 10 aromatic rings. The fourth-order valence-corrected chi connectivity index (χ4v) is 7.66. The average molecular weight is 664 g/mol. The maximum absolute atomic E-state index is 11.0. The van der Waals surface area contributed by atoms with Crippen molar-refractivity contribution in [2.45, 2.75) is 0 Å². The van der Waals surface area contributed by atoms with Crippen LogP contribution in [-0.4, -0.2) is 19.1 Å². The summed E-state index contributed by atoms with van der Waals surface area (Å²) in [5.41, 5.74) is 10.8. The Bertz CT molecular complexity index is 2860. The highest BCUT2D eigenvalue weighted by atomic mass is 15.0. The summed E-state index contributed by atoms with van der Waals surface area (Å²) < 4.78 is 4.56. The normalized spacial score (nSPS) is 11.4. The molecule has 0 unspecified atom stereocenters. The molecule has 0 aliphatic rings. The van der Waals surface area contributed by atoms with Crippen LogP contribution in [0.4, 0.5) is 0 Å². The van der Waals surface area contributed by atoms with Crippen LogP contribution in [0.25, 0.3) is 88.9 Å². The molecule has 7 aromatic carbocycles. The minimum absolute atomic E-state index is 0.548. The van der Waals surface area contributed by atoms with Crippen molar-refractivity contribution >= 4 is 43.6 Å². The molecule has 242 valence electrons. The Kier molecular flexibility index (Phi) is 6.80. The van der Waals surface area contributed by atoms with Crippen molar-refractivity contribution in [1.82, 2.24) is 19.1 Å². The van der Waals surface area contributed by atoms with Gasteiger partial charge in [0.2, 0.25) is 0 Å². The van der Waals surface area contributed by atoms with Crippen LogP contribution in [0.15, 0.2) is 176 Å².